The van der Waals surface area contributed by atoms with E-state index in [9.17, 15) is 4.79 Å². The van der Waals surface area contributed by atoms with Crippen LogP contribution in [0.25, 0.3) is 17.0 Å². The molecule has 5 nitrogen and oxygen atoms in total. The molecule has 3 aromatic rings. The summed E-state index contributed by atoms with van der Waals surface area (Å²) in [4.78, 5) is 14.5. The van der Waals surface area contributed by atoms with E-state index in [2.05, 4.69) is 28.5 Å². The second-order valence-electron chi connectivity index (χ2n) is 6.89. The Kier molecular flexibility index (Phi) is 5.81. The number of H-pyrrole nitrogens is 1. The highest BCUT2D eigenvalue weighted by molar-refractivity contribution is 7.99. The van der Waals surface area contributed by atoms with Crippen LogP contribution in [0.2, 0.25) is 0 Å². The van der Waals surface area contributed by atoms with Gasteiger partial charge in [0.05, 0.1) is 5.03 Å². The number of nitrogens with one attached hydrogen (secondary N) is 3. The summed E-state index contributed by atoms with van der Waals surface area (Å²) in [6.07, 6.45) is 5.12. The number of aromatic nitrogens is 1. The van der Waals surface area contributed by atoms with E-state index >= 15 is 0 Å². The minimum Gasteiger partial charge on any atom is -0.349 e. The molecule has 0 unspecified atom stereocenters. The van der Waals surface area contributed by atoms with Gasteiger partial charge < -0.3 is 10.3 Å². The Morgan fingerprint density at radius 1 is 1.18 bits per heavy atom. The standard InChI is InChI=1S/C22H23N3O2S/c26-21(25-27)8-6-15-1-3-17(4-2-15)14-23-11-9-16-5-7-20-19(13-16)18-10-12-28-22(18)24-20/h1-8,13,23-24,27H,9-12,14H2,(H,25,26)/b8-6+. The molecule has 0 saturated heterocycles. The fourth-order valence-corrected chi connectivity index (χ4v) is 4.55. The maximum atomic E-state index is 11.0. The number of benzene rings is 2. The second kappa shape index (κ2) is 8.65. The van der Waals surface area contributed by atoms with Gasteiger partial charge in [-0.3, -0.25) is 10.0 Å². The summed E-state index contributed by atoms with van der Waals surface area (Å²) in [5.74, 6) is 0.652. The van der Waals surface area contributed by atoms with E-state index in [1.807, 2.05) is 36.0 Å². The molecule has 1 aliphatic rings. The van der Waals surface area contributed by atoms with Crippen molar-refractivity contribution in [1.29, 1.82) is 0 Å². The number of hydrogen-bond acceptors (Lipinski definition) is 4. The SMILES string of the molecule is O=C(/C=C/c1ccc(CNCCc2ccc3[nH]c4c(c3c2)CCS4)cc1)NO. The van der Waals surface area contributed by atoms with Crippen LogP contribution in [0.3, 0.4) is 0 Å². The van der Waals surface area contributed by atoms with Gasteiger partial charge in [-0.05, 0) is 59.8 Å². The molecule has 0 saturated carbocycles. The van der Waals surface area contributed by atoms with Crippen LogP contribution in [0, 0.1) is 0 Å². The molecule has 1 aliphatic heterocycles. The number of hydroxylamine groups is 1. The monoisotopic (exact) mass is 393 g/mol. The number of aromatic amines is 1. The molecule has 0 fully saturated rings. The Hall–Kier alpha value is -2.54. The number of amides is 1. The molecule has 4 rings (SSSR count). The molecule has 0 atom stereocenters. The van der Waals surface area contributed by atoms with Crippen molar-refractivity contribution in [3.63, 3.8) is 0 Å². The fraction of sp³-hybridized carbons (Fsp3) is 0.227. The van der Waals surface area contributed by atoms with Gasteiger partial charge in [0.15, 0.2) is 0 Å². The lowest BCUT2D eigenvalue weighted by Crippen LogP contribution is -2.16. The normalized spacial score (nSPS) is 13.3. The molecule has 4 N–H and O–H groups in total. The predicted octanol–water partition coefficient (Wildman–Crippen LogP) is 3.67. The van der Waals surface area contributed by atoms with Crippen molar-refractivity contribution in [1.82, 2.24) is 15.8 Å². The van der Waals surface area contributed by atoms with Gasteiger partial charge in [-0.2, -0.15) is 0 Å². The van der Waals surface area contributed by atoms with Gasteiger partial charge >= 0.3 is 0 Å². The first-order chi connectivity index (χ1) is 13.7. The van der Waals surface area contributed by atoms with Crippen LogP contribution in [-0.2, 0) is 24.2 Å². The molecule has 1 aromatic heterocycles. The van der Waals surface area contributed by atoms with Gasteiger partial charge in [0.2, 0.25) is 0 Å². The fourth-order valence-electron chi connectivity index (χ4n) is 3.47. The van der Waals surface area contributed by atoms with Crippen molar-refractivity contribution >= 4 is 34.6 Å². The van der Waals surface area contributed by atoms with Gasteiger partial charge in [0, 0.05) is 29.3 Å². The first-order valence-corrected chi connectivity index (χ1v) is 10.4. The average Bonchev–Trinajstić information content (AvgIpc) is 3.31. The Morgan fingerprint density at radius 3 is 2.82 bits per heavy atom. The molecular formula is C22H23N3O2S. The van der Waals surface area contributed by atoms with Crippen molar-refractivity contribution < 1.29 is 10.0 Å². The summed E-state index contributed by atoms with van der Waals surface area (Å²) < 4.78 is 0. The van der Waals surface area contributed by atoms with Crippen LogP contribution in [-0.4, -0.2) is 28.4 Å². The first kappa shape index (κ1) is 18.8. The van der Waals surface area contributed by atoms with Crippen molar-refractivity contribution in [2.75, 3.05) is 12.3 Å². The van der Waals surface area contributed by atoms with Crippen LogP contribution in [0.5, 0.6) is 0 Å². The summed E-state index contributed by atoms with van der Waals surface area (Å²) in [5, 5.41) is 14.7. The molecule has 0 radical (unpaired) electrons. The van der Waals surface area contributed by atoms with Gasteiger partial charge in [-0.25, -0.2) is 5.48 Å². The van der Waals surface area contributed by atoms with E-state index < -0.39 is 5.91 Å². The highest BCUT2D eigenvalue weighted by Gasteiger charge is 2.17. The molecule has 6 heteroatoms. The van der Waals surface area contributed by atoms with E-state index in [0.29, 0.717) is 0 Å². The number of fused-ring (bicyclic) bond motifs is 3. The topological polar surface area (TPSA) is 77.2 Å². The third-order valence-electron chi connectivity index (χ3n) is 4.97. The van der Waals surface area contributed by atoms with E-state index in [1.54, 1.807) is 11.6 Å². The summed E-state index contributed by atoms with van der Waals surface area (Å²) in [7, 11) is 0. The third kappa shape index (κ3) is 4.30. The van der Waals surface area contributed by atoms with Crippen LogP contribution in [0.1, 0.15) is 22.3 Å². The van der Waals surface area contributed by atoms with Crippen LogP contribution in [0.15, 0.2) is 53.6 Å². The van der Waals surface area contributed by atoms with Gasteiger partial charge in [-0.15, -0.1) is 11.8 Å². The van der Waals surface area contributed by atoms with Crippen molar-refractivity contribution in [2.45, 2.75) is 24.4 Å². The van der Waals surface area contributed by atoms with Gasteiger partial charge in [-0.1, -0.05) is 30.3 Å². The number of hydrogen-bond donors (Lipinski definition) is 4. The Morgan fingerprint density at radius 2 is 2.00 bits per heavy atom. The molecule has 0 spiro atoms. The predicted molar refractivity (Wildman–Crippen MR) is 114 cm³/mol. The number of rotatable bonds is 7. The highest BCUT2D eigenvalue weighted by atomic mass is 32.2. The molecule has 2 aromatic carbocycles. The number of aryl methyl sites for hydroxylation is 1. The summed E-state index contributed by atoms with van der Waals surface area (Å²) in [6.45, 7) is 1.73. The van der Waals surface area contributed by atoms with E-state index in [0.717, 1.165) is 31.5 Å². The molecule has 1 amide bonds. The minimum atomic E-state index is -0.535. The van der Waals surface area contributed by atoms with Crippen LogP contribution < -0.4 is 10.8 Å². The zero-order chi connectivity index (χ0) is 19.3. The summed E-state index contributed by atoms with van der Waals surface area (Å²) in [6, 6.07) is 14.7. The average molecular weight is 394 g/mol. The molecule has 28 heavy (non-hydrogen) atoms. The zero-order valence-electron chi connectivity index (χ0n) is 15.5. The maximum Gasteiger partial charge on any atom is 0.267 e. The minimum absolute atomic E-state index is 0.535. The van der Waals surface area contributed by atoms with Crippen molar-refractivity contribution in [3.05, 3.63) is 70.8 Å². The van der Waals surface area contributed by atoms with Crippen molar-refractivity contribution in [2.24, 2.45) is 0 Å². The Bertz CT molecular complexity index is 1010. The highest BCUT2D eigenvalue weighted by Crippen LogP contribution is 2.36. The van der Waals surface area contributed by atoms with Gasteiger partial charge in [0.25, 0.3) is 5.91 Å². The maximum absolute atomic E-state index is 11.0. The quantitative estimate of drug-likeness (QED) is 0.214. The van der Waals surface area contributed by atoms with E-state index in [4.69, 9.17) is 5.21 Å². The van der Waals surface area contributed by atoms with E-state index in [-0.39, 0.29) is 0 Å². The molecule has 0 bridgehead atoms. The number of carbonyl (C=O) groups is 1. The van der Waals surface area contributed by atoms with Crippen LogP contribution in [0.4, 0.5) is 0 Å². The summed E-state index contributed by atoms with van der Waals surface area (Å²) >= 11 is 1.92. The molecule has 2 heterocycles. The largest absolute Gasteiger partial charge is 0.349 e. The third-order valence-corrected chi connectivity index (χ3v) is 6.01. The Labute approximate surface area is 168 Å². The molecule has 144 valence electrons. The van der Waals surface area contributed by atoms with E-state index in [1.165, 1.54) is 44.4 Å². The lowest BCUT2D eigenvalue weighted by molar-refractivity contribution is -0.124. The first-order valence-electron chi connectivity index (χ1n) is 9.41. The smallest absolute Gasteiger partial charge is 0.267 e. The summed E-state index contributed by atoms with van der Waals surface area (Å²) in [5.41, 5.74) is 7.78. The molecule has 0 aliphatic carbocycles. The van der Waals surface area contributed by atoms with Crippen LogP contribution >= 0.6 is 11.8 Å². The Balaban J connectivity index is 1.28. The second-order valence-corrected chi connectivity index (χ2v) is 7.99. The van der Waals surface area contributed by atoms with Gasteiger partial charge in [0.1, 0.15) is 0 Å². The number of carbonyl (C=O) groups excluding carboxylic acids is 1. The lowest BCUT2D eigenvalue weighted by atomic mass is 10.1. The molecular weight excluding hydrogens is 370 g/mol. The lowest BCUT2D eigenvalue weighted by Gasteiger charge is -2.06. The number of thioether (sulfide) groups is 1. The van der Waals surface area contributed by atoms with Crippen molar-refractivity contribution in [3.8, 4) is 0 Å². The zero-order valence-corrected chi connectivity index (χ0v) is 16.3.